The van der Waals surface area contributed by atoms with Gasteiger partial charge in [0.25, 0.3) is 0 Å². The molecule has 0 unspecified atom stereocenters. The van der Waals surface area contributed by atoms with E-state index in [9.17, 15) is 43.8 Å². The molecule has 0 saturated carbocycles. The number of carbonyl (C=O) groups is 7. The van der Waals surface area contributed by atoms with Crippen molar-refractivity contribution < 1.29 is 43.8 Å². The number of aliphatic carboxylic acids is 2. The number of carboxylic acid groups (broad SMARTS) is 2. The number of nitrogens with one attached hydrogen (secondary N) is 5. The van der Waals surface area contributed by atoms with Crippen LogP contribution in [-0.4, -0.2) is 110 Å². The normalized spacial score (nSPS) is 17.7. The van der Waals surface area contributed by atoms with Gasteiger partial charge in [0.05, 0.1) is 25.3 Å². The maximum atomic E-state index is 13.5. The van der Waals surface area contributed by atoms with Crippen LogP contribution in [0.5, 0.6) is 0 Å². The van der Waals surface area contributed by atoms with E-state index >= 15 is 0 Å². The molecule has 1 fully saturated rings. The Bertz CT molecular complexity index is 1240. The third-order valence-electron chi connectivity index (χ3n) is 7.77. The predicted molar refractivity (Wildman–Crippen MR) is 163 cm³/mol. The smallest absolute Gasteiger partial charge is 0.326 e. The number of amides is 5. The summed E-state index contributed by atoms with van der Waals surface area (Å²) >= 11 is 0. The third kappa shape index (κ3) is 11.4. The Morgan fingerprint density at radius 2 is 1.65 bits per heavy atom. The highest BCUT2D eigenvalue weighted by Gasteiger charge is 2.39. The molecule has 9 N–H and O–H groups in total. The highest BCUT2D eigenvalue weighted by atomic mass is 16.4. The quantitative estimate of drug-likeness (QED) is 0.0905. The van der Waals surface area contributed by atoms with E-state index in [1.165, 1.54) is 12.5 Å². The molecule has 0 radical (unpaired) electrons. The largest absolute Gasteiger partial charge is 0.481 e. The molecule has 1 aliphatic heterocycles. The second-order valence-corrected chi connectivity index (χ2v) is 11.9. The van der Waals surface area contributed by atoms with Gasteiger partial charge in [-0.1, -0.05) is 34.1 Å². The molecule has 17 nitrogen and oxygen atoms in total. The summed E-state index contributed by atoms with van der Waals surface area (Å²) < 4.78 is 0. The van der Waals surface area contributed by atoms with E-state index < -0.39 is 84.6 Å². The Hall–Kier alpha value is -4.54. The molecule has 1 aromatic heterocycles. The molecule has 256 valence electrons. The molecular weight excluding hydrogens is 604 g/mol. The summed E-state index contributed by atoms with van der Waals surface area (Å²) in [5, 5.41) is 28.9. The molecule has 0 aromatic carbocycles. The first-order valence-electron chi connectivity index (χ1n) is 15.3. The van der Waals surface area contributed by atoms with E-state index in [0.29, 0.717) is 18.5 Å². The van der Waals surface area contributed by atoms with Gasteiger partial charge in [-0.25, -0.2) is 9.78 Å². The monoisotopic (exact) mass is 650 g/mol. The van der Waals surface area contributed by atoms with E-state index in [-0.39, 0.29) is 37.6 Å². The lowest BCUT2D eigenvalue weighted by molar-refractivity contribution is -0.150. The maximum Gasteiger partial charge on any atom is 0.326 e. The molecule has 1 aliphatic rings. The lowest BCUT2D eigenvalue weighted by atomic mass is 9.99. The Morgan fingerprint density at radius 3 is 2.22 bits per heavy atom. The number of imidazole rings is 1. The number of likely N-dealkylation sites (tertiary alicyclic amines) is 1. The average Bonchev–Trinajstić information content (AvgIpc) is 3.70. The number of aromatic nitrogens is 2. The van der Waals surface area contributed by atoms with Crippen molar-refractivity contribution in [3.63, 3.8) is 0 Å². The number of carbonyl (C=O) groups excluding carboxylic acids is 5. The highest BCUT2D eigenvalue weighted by Crippen LogP contribution is 2.19. The fourth-order valence-electron chi connectivity index (χ4n) is 4.98. The molecule has 17 heteroatoms. The molecule has 2 heterocycles. The maximum absolute atomic E-state index is 13.5. The minimum Gasteiger partial charge on any atom is -0.481 e. The molecule has 2 rings (SSSR count). The van der Waals surface area contributed by atoms with E-state index in [0.717, 1.165) is 4.90 Å². The van der Waals surface area contributed by atoms with Crippen LogP contribution in [0.2, 0.25) is 0 Å². The summed E-state index contributed by atoms with van der Waals surface area (Å²) in [6, 6.07) is -6.06. The molecule has 46 heavy (non-hydrogen) atoms. The van der Waals surface area contributed by atoms with Crippen molar-refractivity contribution in [1.82, 2.24) is 36.1 Å². The van der Waals surface area contributed by atoms with Crippen molar-refractivity contribution in [3.05, 3.63) is 18.2 Å². The van der Waals surface area contributed by atoms with Gasteiger partial charge in [0.15, 0.2) is 0 Å². The second kappa shape index (κ2) is 17.8. The summed E-state index contributed by atoms with van der Waals surface area (Å²) in [6.07, 6.45) is 3.21. The zero-order valence-electron chi connectivity index (χ0n) is 26.6. The summed E-state index contributed by atoms with van der Waals surface area (Å²) in [5.41, 5.74) is 6.34. The number of nitrogens with two attached hydrogens (primary N) is 1. The second-order valence-electron chi connectivity index (χ2n) is 11.9. The van der Waals surface area contributed by atoms with Gasteiger partial charge >= 0.3 is 11.9 Å². The van der Waals surface area contributed by atoms with Crippen LogP contribution in [-0.2, 0) is 40.0 Å². The van der Waals surface area contributed by atoms with Gasteiger partial charge in [0.1, 0.15) is 24.2 Å². The Balaban J connectivity index is 2.22. The van der Waals surface area contributed by atoms with E-state index in [1.54, 1.807) is 0 Å². The molecular formula is C29H46N8O9. The molecule has 6 atom stereocenters. The number of nitrogens with zero attached hydrogens (tertiary/aromatic N) is 2. The van der Waals surface area contributed by atoms with Gasteiger partial charge in [0, 0.05) is 24.9 Å². The van der Waals surface area contributed by atoms with Gasteiger partial charge in [-0.05, 0) is 31.1 Å². The third-order valence-corrected chi connectivity index (χ3v) is 7.77. The number of H-pyrrole nitrogens is 1. The highest BCUT2D eigenvalue weighted by molar-refractivity contribution is 5.97. The zero-order chi connectivity index (χ0) is 34.6. The van der Waals surface area contributed by atoms with E-state index in [2.05, 4.69) is 31.2 Å². The fraction of sp³-hybridized carbons (Fsp3) is 0.655. The number of hydrogen-bond acceptors (Lipinski definition) is 9. The van der Waals surface area contributed by atoms with Crippen LogP contribution in [0.25, 0.3) is 0 Å². The van der Waals surface area contributed by atoms with Gasteiger partial charge < -0.3 is 47.1 Å². The predicted octanol–water partition coefficient (Wildman–Crippen LogP) is -1.51. The van der Waals surface area contributed by atoms with Crippen molar-refractivity contribution in [3.8, 4) is 0 Å². The first-order valence-corrected chi connectivity index (χ1v) is 15.3. The van der Waals surface area contributed by atoms with Gasteiger partial charge in [0.2, 0.25) is 29.5 Å². The van der Waals surface area contributed by atoms with Crippen LogP contribution >= 0.6 is 0 Å². The van der Waals surface area contributed by atoms with Gasteiger partial charge in [-0.3, -0.25) is 28.8 Å². The number of carboxylic acids is 2. The zero-order valence-corrected chi connectivity index (χ0v) is 26.6. The topological polar surface area (TPSA) is 266 Å². The first-order chi connectivity index (χ1) is 21.6. The van der Waals surface area contributed by atoms with Crippen LogP contribution in [0.4, 0.5) is 0 Å². The summed E-state index contributed by atoms with van der Waals surface area (Å²) in [7, 11) is 0. The molecule has 5 amide bonds. The van der Waals surface area contributed by atoms with Crippen LogP contribution in [0.3, 0.4) is 0 Å². The minimum absolute atomic E-state index is 0.0791. The van der Waals surface area contributed by atoms with Crippen LogP contribution in [0.1, 0.15) is 65.5 Å². The van der Waals surface area contributed by atoms with Crippen molar-refractivity contribution in [1.29, 1.82) is 0 Å². The van der Waals surface area contributed by atoms with E-state index in [1.807, 2.05) is 27.7 Å². The summed E-state index contributed by atoms with van der Waals surface area (Å²) in [6.45, 7) is 6.97. The summed E-state index contributed by atoms with van der Waals surface area (Å²) in [5.74, 6) is -6.53. The van der Waals surface area contributed by atoms with Crippen molar-refractivity contribution in [2.45, 2.75) is 96.4 Å². The molecule has 0 aliphatic carbocycles. The van der Waals surface area contributed by atoms with Gasteiger partial charge in [-0.15, -0.1) is 0 Å². The Labute approximate surface area is 266 Å². The first kappa shape index (κ1) is 37.6. The van der Waals surface area contributed by atoms with Crippen LogP contribution in [0, 0.1) is 11.8 Å². The lowest BCUT2D eigenvalue weighted by Gasteiger charge is -2.28. The lowest BCUT2D eigenvalue weighted by Crippen LogP contribution is -2.59. The van der Waals surface area contributed by atoms with Crippen LogP contribution < -0.4 is 27.0 Å². The standard InChI is InChI=1S/C29H46N8O9/c1-5-16(4)24(30)27(43)32-13-22(38)34-18(9-15(2)3)25(41)35-19(10-17-12-31-14-33-17)26(42)36-20(11-23(39)40)28(44)37-8-6-7-21(37)29(45)46/h12,14-16,18-21,24H,5-11,13,30H2,1-4H3,(H,31,33)(H,32,43)(H,34,38)(H,35,41)(H,36,42)(H,39,40)(H,45,46)/t16-,18-,19-,20-,21-,24-/m0/s1. The van der Waals surface area contributed by atoms with Crippen molar-refractivity contribution in [2.75, 3.05) is 13.1 Å². The number of hydrogen-bond donors (Lipinski definition) is 8. The van der Waals surface area contributed by atoms with Crippen LogP contribution in [0.15, 0.2) is 12.5 Å². The average molecular weight is 651 g/mol. The van der Waals surface area contributed by atoms with Crippen molar-refractivity contribution in [2.24, 2.45) is 17.6 Å². The SMILES string of the molecule is CC[C@H](C)[C@H](N)C(=O)NCC(=O)N[C@@H](CC(C)C)C(=O)N[C@@H](Cc1cnc[nH]1)C(=O)N[C@@H](CC(=O)O)C(=O)N1CCC[C@H]1C(=O)O. The molecule has 0 bridgehead atoms. The molecule has 1 saturated heterocycles. The minimum atomic E-state index is -1.61. The van der Waals surface area contributed by atoms with Gasteiger partial charge in [-0.2, -0.15) is 0 Å². The molecule has 1 aromatic rings. The fourth-order valence-corrected chi connectivity index (χ4v) is 4.98. The van der Waals surface area contributed by atoms with Crippen molar-refractivity contribution >= 4 is 41.5 Å². The Morgan fingerprint density at radius 1 is 1.00 bits per heavy atom. The summed E-state index contributed by atoms with van der Waals surface area (Å²) in [4.78, 5) is 96.3. The molecule has 0 spiro atoms. The Kier molecular flexibility index (Phi) is 14.6. The number of aromatic amines is 1. The van der Waals surface area contributed by atoms with E-state index in [4.69, 9.17) is 5.73 Å². The number of rotatable bonds is 18.